The highest BCUT2D eigenvalue weighted by Crippen LogP contribution is 2.34. The van der Waals surface area contributed by atoms with Crippen molar-refractivity contribution >= 4 is 43.5 Å². The van der Waals surface area contributed by atoms with Gasteiger partial charge in [0.05, 0.1) is 20.9 Å². The van der Waals surface area contributed by atoms with Crippen LogP contribution in [-0.4, -0.2) is 24.3 Å². The summed E-state index contributed by atoms with van der Waals surface area (Å²) < 4.78 is 41.2. The van der Waals surface area contributed by atoms with Gasteiger partial charge in [-0.2, -0.15) is 0 Å². The zero-order chi connectivity index (χ0) is 18.1. The van der Waals surface area contributed by atoms with Gasteiger partial charge in [-0.3, -0.25) is 4.79 Å². The molecule has 2 aromatic rings. The summed E-state index contributed by atoms with van der Waals surface area (Å²) in [4.78, 5) is 18.9. The van der Waals surface area contributed by atoms with Crippen molar-refractivity contribution in [2.45, 2.75) is 25.2 Å². The van der Waals surface area contributed by atoms with Crippen molar-refractivity contribution in [2.24, 2.45) is 0 Å². The fourth-order valence-corrected chi connectivity index (χ4v) is 3.86. The van der Waals surface area contributed by atoms with Gasteiger partial charge in [-0.05, 0) is 35.0 Å². The maximum absolute atomic E-state index is 14.3. The van der Waals surface area contributed by atoms with E-state index in [2.05, 4.69) is 25.9 Å². The summed E-state index contributed by atoms with van der Waals surface area (Å²) in [6, 6.07) is 1.90. The standard InChI is InChI=1S/C14H12BrClFN3O3S/c1-3-12(21)20-24(22,23)11-4-8(10(17)5-9(11)16)14-13(15)7(2)18-6-19-14/h4-6H,3H2,1-2H3,(H,20,21). The Morgan fingerprint density at radius 1 is 1.38 bits per heavy atom. The summed E-state index contributed by atoms with van der Waals surface area (Å²) in [6.07, 6.45) is 1.21. The van der Waals surface area contributed by atoms with E-state index in [9.17, 15) is 17.6 Å². The molecule has 0 atom stereocenters. The minimum absolute atomic E-state index is 0.0262. The van der Waals surface area contributed by atoms with Crippen molar-refractivity contribution in [1.82, 2.24) is 14.7 Å². The SMILES string of the molecule is CCC(=O)NS(=O)(=O)c1cc(-c2ncnc(C)c2Br)c(F)cc1Cl. The summed E-state index contributed by atoms with van der Waals surface area (Å²) in [5, 5.41) is -0.338. The molecule has 0 spiro atoms. The van der Waals surface area contributed by atoms with Crippen LogP contribution in [0.4, 0.5) is 4.39 Å². The normalized spacial score (nSPS) is 11.4. The zero-order valence-electron chi connectivity index (χ0n) is 12.6. The van der Waals surface area contributed by atoms with Gasteiger partial charge in [-0.25, -0.2) is 27.5 Å². The monoisotopic (exact) mass is 435 g/mol. The average molecular weight is 437 g/mol. The second-order valence-electron chi connectivity index (χ2n) is 4.77. The number of carbonyl (C=O) groups excluding carboxylic acids is 1. The number of hydrogen-bond acceptors (Lipinski definition) is 5. The molecule has 0 bridgehead atoms. The first-order chi connectivity index (χ1) is 11.2. The van der Waals surface area contributed by atoms with Crippen LogP contribution < -0.4 is 4.72 Å². The van der Waals surface area contributed by atoms with Gasteiger partial charge in [0, 0.05) is 12.0 Å². The van der Waals surface area contributed by atoms with Gasteiger partial charge in [0.1, 0.15) is 17.0 Å². The molecule has 0 saturated carbocycles. The van der Waals surface area contributed by atoms with E-state index in [-0.39, 0.29) is 22.7 Å². The molecule has 0 aliphatic heterocycles. The van der Waals surface area contributed by atoms with E-state index >= 15 is 0 Å². The third-order valence-corrected chi connectivity index (χ3v) is 5.89. The fraction of sp³-hybridized carbons (Fsp3) is 0.214. The molecule has 1 amide bonds. The Labute approximate surface area is 151 Å². The van der Waals surface area contributed by atoms with Crippen LogP contribution in [0.25, 0.3) is 11.3 Å². The molecule has 0 aliphatic rings. The van der Waals surface area contributed by atoms with Crippen molar-refractivity contribution in [3.05, 3.63) is 39.5 Å². The molecule has 2 rings (SSSR count). The van der Waals surface area contributed by atoms with Crippen LogP contribution in [0.15, 0.2) is 27.8 Å². The second kappa shape index (κ2) is 7.12. The van der Waals surface area contributed by atoms with E-state index in [1.165, 1.54) is 13.3 Å². The minimum Gasteiger partial charge on any atom is -0.274 e. The van der Waals surface area contributed by atoms with Gasteiger partial charge >= 0.3 is 0 Å². The summed E-state index contributed by atoms with van der Waals surface area (Å²) in [6.45, 7) is 3.19. The Morgan fingerprint density at radius 2 is 2.04 bits per heavy atom. The van der Waals surface area contributed by atoms with Crippen molar-refractivity contribution in [3.63, 3.8) is 0 Å². The zero-order valence-corrected chi connectivity index (χ0v) is 15.8. The first-order valence-electron chi connectivity index (χ1n) is 6.69. The lowest BCUT2D eigenvalue weighted by Gasteiger charge is -2.12. The first-order valence-corrected chi connectivity index (χ1v) is 9.35. The van der Waals surface area contributed by atoms with E-state index in [0.717, 1.165) is 12.1 Å². The third-order valence-electron chi connectivity index (χ3n) is 3.10. The maximum atomic E-state index is 14.3. The van der Waals surface area contributed by atoms with Crippen LogP contribution in [0.3, 0.4) is 0 Å². The molecule has 1 aromatic heterocycles. The fourth-order valence-electron chi connectivity index (χ4n) is 1.84. The van der Waals surface area contributed by atoms with Gasteiger partial charge in [-0.15, -0.1) is 0 Å². The Hall–Kier alpha value is -1.58. The molecule has 1 heterocycles. The number of nitrogens with zero attached hydrogens (tertiary/aromatic N) is 2. The number of benzene rings is 1. The van der Waals surface area contributed by atoms with E-state index in [1.54, 1.807) is 6.92 Å². The van der Waals surface area contributed by atoms with Gasteiger partial charge in [0.15, 0.2) is 0 Å². The molecule has 0 unspecified atom stereocenters. The molecule has 0 saturated heterocycles. The van der Waals surface area contributed by atoms with E-state index in [1.807, 2.05) is 4.72 Å². The topological polar surface area (TPSA) is 89.0 Å². The van der Waals surface area contributed by atoms with Gasteiger partial charge < -0.3 is 0 Å². The molecule has 1 aromatic carbocycles. The predicted molar refractivity (Wildman–Crippen MR) is 90.5 cm³/mol. The smallest absolute Gasteiger partial charge is 0.265 e. The number of nitrogens with one attached hydrogen (secondary N) is 1. The number of aromatic nitrogens is 2. The number of sulfonamides is 1. The number of aryl methyl sites for hydroxylation is 1. The van der Waals surface area contributed by atoms with E-state index < -0.39 is 26.6 Å². The largest absolute Gasteiger partial charge is 0.274 e. The molecular formula is C14H12BrClFN3O3S. The number of halogens is 3. The summed E-state index contributed by atoms with van der Waals surface area (Å²) in [7, 11) is -4.23. The van der Waals surface area contributed by atoms with Crippen LogP contribution in [0.1, 0.15) is 19.0 Å². The lowest BCUT2D eigenvalue weighted by molar-refractivity contribution is -0.119. The summed E-state index contributed by atoms with van der Waals surface area (Å²) in [5.74, 6) is -1.45. The molecule has 10 heteroatoms. The number of hydrogen-bond donors (Lipinski definition) is 1. The molecule has 0 radical (unpaired) electrons. The second-order valence-corrected chi connectivity index (χ2v) is 7.62. The lowest BCUT2D eigenvalue weighted by Crippen LogP contribution is -2.30. The minimum atomic E-state index is -4.23. The van der Waals surface area contributed by atoms with Crippen molar-refractivity contribution in [1.29, 1.82) is 0 Å². The van der Waals surface area contributed by atoms with Crippen molar-refractivity contribution in [2.75, 3.05) is 0 Å². The van der Waals surface area contributed by atoms with Crippen LogP contribution in [-0.2, 0) is 14.8 Å². The van der Waals surface area contributed by atoms with Crippen molar-refractivity contribution in [3.8, 4) is 11.3 Å². The van der Waals surface area contributed by atoms with E-state index in [4.69, 9.17) is 11.6 Å². The molecule has 128 valence electrons. The molecule has 24 heavy (non-hydrogen) atoms. The molecule has 1 N–H and O–H groups in total. The molecule has 6 nitrogen and oxygen atoms in total. The lowest BCUT2D eigenvalue weighted by atomic mass is 10.1. The molecule has 0 fully saturated rings. The third kappa shape index (κ3) is 3.73. The van der Waals surface area contributed by atoms with Gasteiger partial charge in [0.2, 0.25) is 5.91 Å². The number of rotatable bonds is 4. The maximum Gasteiger partial charge on any atom is 0.265 e. The van der Waals surface area contributed by atoms with Crippen LogP contribution in [0.2, 0.25) is 5.02 Å². The van der Waals surface area contributed by atoms with Gasteiger partial charge in [0.25, 0.3) is 10.0 Å². The molecule has 0 aliphatic carbocycles. The molecular weight excluding hydrogens is 425 g/mol. The average Bonchev–Trinajstić information content (AvgIpc) is 2.50. The van der Waals surface area contributed by atoms with Crippen molar-refractivity contribution < 1.29 is 17.6 Å². The number of amides is 1. The van der Waals surface area contributed by atoms with Crippen LogP contribution >= 0.6 is 27.5 Å². The highest BCUT2D eigenvalue weighted by atomic mass is 79.9. The first kappa shape index (κ1) is 18.8. The number of carbonyl (C=O) groups is 1. The Balaban J connectivity index is 2.66. The summed E-state index contributed by atoms with van der Waals surface area (Å²) >= 11 is 9.11. The predicted octanol–water partition coefficient (Wildman–Crippen LogP) is 3.22. The summed E-state index contributed by atoms with van der Waals surface area (Å²) in [5.41, 5.74) is 0.647. The Bertz CT molecular complexity index is 922. The highest BCUT2D eigenvalue weighted by molar-refractivity contribution is 9.10. The van der Waals surface area contributed by atoms with Crippen LogP contribution in [0.5, 0.6) is 0 Å². The van der Waals surface area contributed by atoms with Gasteiger partial charge in [-0.1, -0.05) is 18.5 Å². The Morgan fingerprint density at radius 3 is 2.67 bits per heavy atom. The van der Waals surface area contributed by atoms with Crippen LogP contribution in [0, 0.1) is 12.7 Å². The quantitative estimate of drug-likeness (QED) is 0.795. The Kier molecular flexibility index (Phi) is 5.56. The van der Waals surface area contributed by atoms with E-state index in [0.29, 0.717) is 10.2 Å². The highest BCUT2D eigenvalue weighted by Gasteiger charge is 2.24.